The quantitative estimate of drug-likeness (QED) is 0.909. The van der Waals surface area contributed by atoms with Crippen molar-refractivity contribution in [1.29, 1.82) is 0 Å². The Labute approximate surface area is 125 Å². The van der Waals surface area contributed by atoms with Gasteiger partial charge < -0.3 is 11.1 Å². The highest BCUT2D eigenvalue weighted by Crippen LogP contribution is 2.37. The van der Waals surface area contributed by atoms with Gasteiger partial charge in [0.2, 0.25) is 0 Å². The minimum Gasteiger partial charge on any atom is -0.379 e. The van der Waals surface area contributed by atoms with E-state index in [0.717, 1.165) is 35.8 Å². The van der Waals surface area contributed by atoms with Crippen molar-refractivity contribution in [2.45, 2.75) is 25.3 Å². The summed E-state index contributed by atoms with van der Waals surface area (Å²) in [6.45, 7) is 0.696. The SMILES string of the molecule is NCC1CCCC1Nc1c(Cl)cc(Cl)c2nsnc12. The van der Waals surface area contributed by atoms with E-state index in [-0.39, 0.29) is 0 Å². The second kappa shape index (κ2) is 5.40. The maximum atomic E-state index is 6.29. The number of halogens is 2. The molecule has 7 heteroatoms. The van der Waals surface area contributed by atoms with Crippen LogP contribution in [0.5, 0.6) is 0 Å². The van der Waals surface area contributed by atoms with E-state index < -0.39 is 0 Å². The van der Waals surface area contributed by atoms with Gasteiger partial charge in [0.1, 0.15) is 11.0 Å². The fraction of sp³-hybridized carbons (Fsp3) is 0.500. The molecule has 1 saturated carbocycles. The van der Waals surface area contributed by atoms with E-state index in [2.05, 4.69) is 14.1 Å². The molecule has 0 amide bonds. The molecule has 0 saturated heterocycles. The molecule has 3 rings (SSSR count). The Bertz CT molecular complexity index is 601. The first-order valence-corrected chi connectivity index (χ1v) is 7.76. The van der Waals surface area contributed by atoms with Gasteiger partial charge in [-0.05, 0) is 31.4 Å². The predicted octanol–water partition coefficient (Wildman–Crippen LogP) is 3.54. The number of hydrogen-bond donors (Lipinski definition) is 2. The van der Waals surface area contributed by atoms with Crippen LogP contribution in [0.1, 0.15) is 19.3 Å². The third kappa shape index (κ3) is 2.40. The average Bonchev–Trinajstić information content (AvgIpc) is 3.03. The minimum absolute atomic E-state index is 0.355. The van der Waals surface area contributed by atoms with Crippen molar-refractivity contribution in [2.75, 3.05) is 11.9 Å². The summed E-state index contributed by atoms with van der Waals surface area (Å²) in [5, 5.41) is 4.63. The Balaban J connectivity index is 1.98. The van der Waals surface area contributed by atoms with E-state index in [0.29, 0.717) is 34.1 Å². The summed E-state index contributed by atoms with van der Waals surface area (Å²) in [4.78, 5) is 0. The van der Waals surface area contributed by atoms with E-state index in [9.17, 15) is 0 Å². The third-order valence-electron chi connectivity index (χ3n) is 3.74. The summed E-state index contributed by atoms with van der Waals surface area (Å²) < 4.78 is 8.51. The highest BCUT2D eigenvalue weighted by atomic mass is 35.5. The van der Waals surface area contributed by atoms with Crippen LogP contribution in [0.2, 0.25) is 10.0 Å². The highest BCUT2D eigenvalue weighted by molar-refractivity contribution is 7.00. The first-order valence-electron chi connectivity index (χ1n) is 6.27. The molecule has 1 aliphatic carbocycles. The van der Waals surface area contributed by atoms with Gasteiger partial charge in [-0.3, -0.25) is 0 Å². The summed E-state index contributed by atoms with van der Waals surface area (Å²) in [5.41, 5.74) is 8.11. The van der Waals surface area contributed by atoms with Crippen LogP contribution in [-0.2, 0) is 0 Å². The molecule has 0 radical (unpaired) electrons. The lowest BCUT2D eigenvalue weighted by Gasteiger charge is -2.21. The molecule has 0 aliphatic heterocycles. The molecule has 1 aromatic carbocycles. The van der Waals surface area contributed by atoms with Crippen LogP contribution < -0.4 is 11.1 Å². The number of fused-ring (bicyclic) bond motifs is 1. The Morgan fingerprint density at radius 1 is 1.26 bits per heavy atom. The number of nitrogens with one attached hydrogen (secondary N) is 1. The maximum Gasteiger partial charge on any atom is 0.130 e. The van der Waals surface area contributed by atoms with Gasteiger partial charge in [0, 0.05) is 6.04 Å². The Hall–Kier alpha value is -0.620. The zero-order valence-corrected chi connectivity index (χ0v) is 12.5. The van der Waals surface area contributed by atoms with Crippen LogP contribution in [0.15, 0.2) is 6.07 Å². The average molecular weight is 317 g/mol. The van der Waals surface area contributed by atoms with Crippen molar-refractivity contribution in [1.82, 2.24) is 8.75 Å². The first-order chi connectivity index (χ1) is 9.20. The van der Waals surface area contributed by atoms with Crippen molar-refractivity contribution < 1.29 is 0 Å². The third-order valence-corrected chi connectivity index (χ3v) is 4.85. The molecule has 102 valence electrons. The van der Waals surface area contributed by atoms with Gasteiger partial charge in [-0.2, -0.15) is 8.75 Å². The zero-order valence-electron chi connectivity index (χ0n) is 10.2. The second-order valence-corrected chi connectivity index (χ2v) is 6.20. The molecule has 2 atom stereocenters. The zero-order chi connectivity index (χ0) is 13.4. The van der Waals surface area contributed by atoms with Crippen molar-refractivity contribution >= 4 is 51.7 Å². The molecule has 4 nitrogen and oxygen atoms in total. The standard InChI is InChI=1S/C12H14Cl2N4S/c13-7-4-8(14)11-12(18-19-17-11)10(7)16-9-3-1-2-6(9)5-15/h4,6,9,16H,1-3,5,15H2. The topological polar surface area (TPSA) is 63.8 Å². The molecular formula is C12H14Cl2N4S. The van der Waals surface area contributed by atoms with Crippen LogP contribution in [0, 0.1) is 5.92 Å². The van der Waals surface area contributed by atoms with Gasteiger partial charge in [-0.25, -0.2) is 0 Å². The number of hydrogen-bond acceptors (Lipinski definition) is 5. The van der Waals surface area contributed by atoms with Crippen LogP contribution in [0.3, 0.4) is 0 Å². The molecule has 19 heavy (non-hydrogen) atoms. The van der Waals surface area contributed by atoms with Crippen molar-refractivity contribution in [3.8, 4) is 0 Å². The fourth-order valence-electron chi connectivity index (χ4n) is 2.71. The highest BCUT2D eigenvalue weighted by Gasteiger charge is 2.27. The van der Waals surface area contributed by atoms with E-state index in [1.807, 2.05) is 0 Å². The minimum atomic E-state index is 0.355. The largest absolute Gasteiger partial charge is 0.379 e. The van der Waals surface area contributed by atoms with E-state index in [4.69, 9.17) is 28.9 Å². The lowest BCUT2D eigenvalue weighted by Crippen LogP contribution is -2.29. The molecular weight excluding hydrogens is 303 g/mol. The molecule has 1 aromatic heterocycles. The lowest BCUT2D eigenvalue weighted by molar-refractivity contribution is 0.517. The van der Waals surface area contributed by atoms with Crippen molar-refractivity contribution in [2.24, 2.45) is 11.7 Å². The summed E-state index contributed by atoms with van der Waals surface area (Å²) in [6, 6.07) is 2.08. The number of aromatic nitrogens is 2. The normalized spacial score (nSPS) is 23.1. The van der Waals surface area contributed by atoms with Gasteiger partial charge in [0.25, 0.3) is 0 Å². The molecule has 2 aromatic rings. The van der Waals surface area contributed by atoms with E-state index in [1.54, 1.807) is 6.07 Å². The number of nitrogens with zero attached hydrogens (tertiary/aromatic N) is 2. The smallest absolute Gasteiger partial charge is 0.130 e. The fourth-order valence-corrected chi connectivity index (χ4v) is 3.87. The number of nitrogens with two attached hydrogens (primary N) is 1. The van der Waals surface area contributed by atoms with Crippen LogP contribution in [0.25, 0.3) is 11.0 Å². The lowest BCUT2D eigenvalue weighted by atomic mass is 10.0. The molecule has 1 fully saturated rings. The Morgan fingerprint density at radius 3 is 2.84 bits per heavy atom. The molecule has 0 spiro atoms. The number of benzene rings is 1. The van der Waals surface area contributed by atoms with Crippen molar-refractivity contribution in [3.63, 3.8) is 0 Å². The molecule has 3 N–H and O–H groups in total. The Kier molecular flexibility index (Phi) is 3.80. The first kappa shape index (κ1) is 13.4. The second-order valence-electron chi connectivity index (χ2n) is 4.85. The molecule has 1 aliphatic rings. The van der Waals surface area contributed by atoms with Gasteiger partial charge >= 0.3 is 0 Å². The summed E-state index contributed by atoms with van der Waals surface area (Å²) in [7, 11) is 0. The summed E-state index contributed by atoms with van der Waals surface area (Å²) in [5.74, 6) is 0.494. The van der Waals surface area contributed by atoms with Crippen LogP contribution in [0.4, 0.5) is 5.69 Å². The predicted molar refractivity (Wildman–Crippen MR) is 81.2 cm³/mol. The van der Waals surface area contributed by atoms with Gasteiger partial charge in [-0.1, -0.05) is 29.6 Å². The molecule has 1 heterocycles. The van der Waals surface area contributed by atoms with Gasteiger partial charge in [0.05, 0.1) is 27.5 Å². The van der Waals surface area contributed by atoms with Crippen LogP contribution >= 0.6 is 34.9 Å². The maximum absolute atomic E-state index is 6.29. The van der Waals surface area contributed by atoms with E-state index in [1.165, 1.54) is 6.42 Å². The monoisotopic (exact) mass is 316 g/mol. The summed E-state index contributed by atoms with van der Waals surface area (Å²) in [6.07, 6.45) is 3.47. The molecule has 0 bridgehead atoms. The number of anilines is 1. The Morgan fingerprint density at radius 2 is 2.05 bits per heavy atom. The van der Waals surface area contributed by atoms with Gasteiger partial charge in [0.15, 0.2) is 0 Å². The van der Waals surface area contributed by atoms with Gasteiger partial charge in [-0.15, -0.1) is 0 Å². The molecule has 2 unspecified atom stereocenters. The summed E-state index contributed by atoms with van der Waals surface area (Å²) >= 11 is 13.6. The van der Waals surface area contributed by atoms with Crippen LogP contribution in [-0.4, -0.2) is 21.3 Å². The number of rotatable bonds is 3. The van der Waals surface area contributed by atoms with Crippen molar-refractivity contribution in [3.05, 3.63) is 16.1 Å². The van der Waals surface area contributed by atoms with E-state index >= 15 is 0 Å².